The van der Waals surface area contributed by atoms with Crippen LogP contribution in [-0.4, -0.2) is 16.1 Å². The van der Waals surface area contributed by atoms with Crippen molar-refractivity contribution in [1.82, 2.24) is 9.97 Å². The molecule has 1 aliphatic rings. The summed E-state index contributed by atoms with van der Waals surface area (Å²) in [5.41, 5.74) is 1.92. The molecular weight excluding hydrogens is 167 g/mol. The van der Waals surface area contributed by atoms with Crippen LogP contribution in [0, 0.1) is 0 Å². The topological polar surface area (TPSA) is 28.7 Å². The minimum Gasteiger partial charge on any atom is -0.342 e. The number of alkyl halides is 1. The lowest BCUT2D eigenvalue weighted by Gasteiger charge is -1.85. The van der Waals surface area contributed by atoms with Gasteiger partial charge in [0.1, 0.15) is 12.0 Å². The second-order valence-corrected chi connectivity index (χ2v) is 3.50. The molecule has 1 saturated carbocycles. The zero-order chi connectivity index (χ0) is 8.84. The van der Waals surface area contributed by atoms with Crippen LogP contribution in [0.2, 0.25) is 0 Å². The summed E-state index contributed by atoms with van der Waals surface area (Å²) in [7, 11) is 0. The molecule has 0 amide bonds. The molecule has 1 aliphatic carbocycles. The highest BCUT2D eigenvalue weighted by Crippen LogP contribution is 2.42. The fraction of sp³-hybridized carbons (Fsp3) is 0.300. The Morgan fingerprint density at radius 2 is 2.15 bits per heavy atom. The highest BCUT2D eigenvalue weighted by atomic mass is 19.1. The Morgan fingerprint density at radius 1 is 1.38 bits per heavy atom. The first-order valence-corrected chi connectivity index (χ1v) is 4.43. The van der Waals surface area contributed by atoms with Crippen molar-refractivity contribution in [3.63, 3.8) is 0 Å². The zero-order valence-corrected chi connectivity index (χ0v) is 7.00. The Kier molecular flexibility index (Phi) is 1.26. The Labute approximate surface area is 74.8 Å². The highest BCUT2D eigenvalue weighted by molar-refractivity contribution is 5.74. The summed E-state index contributed by atoms with van der Waals surface area (Å²) < 4.78 is 12.7. The minimum absolute atomic E-state index is 0.0207. The summed E-state index contributed by atoms with van der Waals surface area (Å²) in [6.45, 7) is 0. The van der Waals surface area contributed by atoms with Crippen molar-refractivity contribution >= 4 is 11.0 Å². The van der Waals surface area contributed by atoms with E-state index in [-0.39, 0.29) is 5.92 Å². The van der Waals surface area contributed by atoms with Crippen LogP contribution in [0.25, 0.3) is 11.0 Å². The molecule has 2 atom stereocenters. The Bertz CT molecular complexity index is 416. The Hall–Kier alpha value is -1.38. The number of H-pyrrole nitrogens is 1. The predicted molar refractivity (Wildman–Crippen MR) is 48.3 cm³/mol. The second-order valence-electron chi connectivity index (χ2n) is 3.50. The molecule has 0 saturated heterocycles. The molecule has 0 unspecified atom stereocenters. The third kappa shape index (κ3) is 1.03. The van der Waals surface area contributed by atoms with Gasteiger partial charge in [0.15, 0.2) is 0 Å². The fourth-order valence-electron chi connectivity index (χ4n) is 1.60. The van der Waals surface area contributed by atoms with Gasteiger partial charge in [-0.25, -0.2) is 9.37 Å². The Balaban J connectivity index is 2.12. The molecule has 1 heterocycles. The third-order valence-corrected chi connectivity index (χ3v) is 2.47. The van der Waals surface area contributed by atoms with E-state index in [0.717, 1.165) is 16.9 Å². The number of halogens is 1. The first-order valence-electron chi connectivity index (χ1n) is 4.43. The van der Waals surface area contributed by atoms with E-state index in [1.807, 2.05) is 24.3 Å². The number of rotatable bonds is 1. The number of benzene rings is 1. The lowest BCUT2D eigenvalue weighted by atomic mass is 10.3. The number of fused-ring (bicyclic) bond motifs is 1. The van der Waals surface area contributed by atoms with E-state index in [2.05, 4.69) is 9.97 Å². The maximum atomic E-state index is 12.7. The van der Waals surface area contributed by atoms with Crippen molar-refractivity contribution in [3.8, 4) is 0 Å². The maximum Gasteiger partial charge on any atom is 0.113 e. The van der Waals surface area contributed by atoms with Crippen molar-refractivity contribution < 1.29 is 4.39 Å². The van der Waals surface area contributed by atoms with Gasteiger partial charge in [0.2, 0.25) is 0 Å². The number of para-hydroxylation sites is 2. The number of imidazole rings is 1. The van der Waals surface area contributed by atoms with Crippen LogP contribution in [0.1, 0.15) is 18.2 Å². The average Bonchev–Trinajstić information content (AvgIpc) is 2.74. The van der Waals surface area contributed by atoms with Gasteiger partial charge in [0.25, 0.3) is 0 Å². The van der Waals surface area contributed by atoms with Gasteiger partial charge in [-0.3, -0.25) is 0 Å². The summed E-state index contributed by atoms with van der Waals surface area (Å²) in [6.07, 6.45) is -0.0552. The van der Waals surface area contributed by atoms with Gasteiger partial charge in [0.05, 0.1) is 17.0 Å². The molecule has 3 rings (SSSR count). The van der Waals surface area contributed by atoms with Crippen LogP contribution in [0.3, 0.4) is 0 Å². The molecule has 1 N–H and O–H groups in total. The molecule has 3 heteroatoms. The molecular formula is C10H9FN2. The van der Waals surface area contributed by atoms with Crippen LogP contribution >= 0.6 is 0 Å². The van der Waals surface area contributed by atoms with Crippen molar-refractivity contribution in [1.29, 1.82) is 0 Å². The number of nitrogens with one attached hydrogen (secondary N) is 1. The van der Waals surface area contributed by atoms with Crippen LogP contribution in [0.5, 0.6) is 0 Å². The van der Waals surface area contributed by atoms with Crippen molar-refractivity contribution in [2.75, 3.05) is 0 Å². The smallest absolute Gasteiger partial charge is 0.113 e. The van der Waals surface area contributed by atoms with Crippen LogP contribution in [0.15, 0.2) is 24.3 Å². The average molecular weight is 176 g/mol. The van der Waals surface area contributed by atoms with Gasteiger partial charge in [-0.05, 0) is 18.6 Å². The van der Waals surface area contributed by atoms with Gasteiger partial charge in [0, 0.05) is 0 Å². The van der Waals surface area contributed by atoms with Crippen LogP contribution in [-0.2, 0) is 0 Å². The zero-order valence-electron chi connectivity index (χ0n) is 7.00. The summed E-state index contributed by atoms with van der Waals surface area (Å²) in [5.74, 6) is 0.820. The van der Waals surface area contributed by atoms with E-state index >= 15 is 0 Å². The summed E-state index contributed by atoms with van der Waals surface area (Å²) in [6, 6.07) is 7.78. The fourth-order valence-corrected chi connectivity index (χ4v) is 1.60. The Morgan fingerprint density at radius 3 is 2.85 bits per heavy atom. The normalized spacial score (nSPS) is 26.5. The van der Waals surface area contributed by atoms with Crippen molar-refractivity contribution in [3.05, 3.63) is 30.1 Å². The number of hydrogen-bond acceptors (Lipinski definition) is 1. The SMILES string of the molecule is F[C@H]1C[C@H]1c1nc2ccccc2[nH]1. The van der Waals surface area contributed by atoms with E-state index in [0.29, 0.717) is 6.42 Å². The maximum absolute atomic E-state index is 12.7. The van der Waals surface area contributed by atoms with Crippen molar-refractivity contribution in [2.45, 2.75) is 18.5 Å². The highest BCUT2D eigenvalue weighted by Gasteiger charge is 2.41. The molecule has 66 valence electrons. The molecule has 0 radical (unpaired) electrons. The molecule has 1 fully saturated rings. The van der Waals surface area contributed by atoms with E-state index in [1.165, 1.54) is 0 Å². The molecule has 0 spiro atoms. The van der Waals surface area contributed by atoms with E-state index in [4.69, 9.17) is 0 Å². The van der Waals surface area contributed by atoms with Crippen LogP contribution in [0.4, 0.5) is 4.39 Å². The lowest BCUT2D eigenvalue weighted by Crippen LogP contribution is -1.84. The quantitative estimate of drug-likeness (QED) is 0.710. The first kappa shape index (κ1) is 7.06. The van der Waals surface area contributed by atoms with Gasteiger partial charge in [-0.2, -0.15) is 0 Å². The number of aromatic nitrogens is 2. The van der Waals surface area contributed by atoms with E-state index < -0.39 is 6.17 Å². The standard InChI is InChI=1S/C10H9FN2/c11-7-5-6(7)10-12-8-3-1-2-4-9(8)13-10/h1-4,6-7H,5H2,(H,12,13)/t6-,7+/m1/s1. The molecule has 0 bridgehead atoms. The van der Waals surface area contributed by atoms with Gasteiger partial charge in [-0.1, -0.05) is 12.1 Å². The molecule has 1 aromatic heterocycles. The van der Waals surface area contributed by atoms with E-state index in [9.17, 15) is 4.39 Å². The van der Waals surface area contributed by atoms with Crippen LogP contribution < -0.4 is 0 Å². The van der Waals surface area contributed by atoms with Gasteiger partial charge >= 0.3 is 0 Å². The monoisotopic (exact) mass is 176 g/mol. The predicted octanol–water partition coefficient (Wildman–Crippen LogP) is 2.39. The van der Waals surface area contributed by atoms with Gasteiger partial charge in [-0.15, -0.1) is 0 Å². The molecule has 0 aliphatic heterocycles. The summed E-state index contributed by atoms with van der Waals surface area (Å²) in [5, 5.41) is 0. The number of aromatic amines is 1. The second kappa shape index (κ2) is 2.31. The summed E-state index contributed by atoms with van der Waals surface area (Å²) in [4.78, 5) is 7.47. The lowest BCUT2D eigenvalue weighted by molar-refractivity contribution is 0.465. The molecule has 2 nitrogen and oxygen atoms in total. The first-order chi connectivity index (χ1) is 6.34. The minimum atomic E-state index is -0.680. The largest absolute Gasteiger partial charge is 0.342 e. The number of hydrogen-bond donors (Lipinski definition) is 1. The molecule has 2 aromatic rings. The van der Waals surface area contributed by atoms with E-state index in [1.54, 1.807) is 0 Å². The summed E-state index contributed by atoms with van der Waals surface area (Å²) >= 11 is 0. The molecule has 13 heavy (non-hydrogen) atoms. The molecule has 1 aromatic carbocycles. The number of nitrogens with zero attached hydrogens (tertiary/aromatic N) is 1. The third-order valence-electron chi connectivity index (χ3n) is 2.47. The van der Waals surface area contributed by atoms with Gasteiger partial charge < -0.3 is 4.98 Å². The van der Waals surface area contributed by atoms with Crippen molar-refractivity contribution in [2.24, 2.45) is 0 Å².